The van der Waals surface area contributed by atoms with Crippen molar-refractivity contribution in [1.29, 1.82) is 0 Å². The molecule has 1 aliphatic rings. The van der Waals surface area contributed by atoms with Crippen molar-refractivity contribution in [2.75, 3.05) is 32.5 Å². The van der Waals surface area contributed by atoms with E-state index >= 15 is 0 Å². The third-order valence-electron chi connectivity index (χ3n) is 3.62. The molecule has 2 atom stereocenters. The minimum absolute atomic E-state index is 0.238. The Morgan fingerprint density at radius 1 is 1.13 bits per heavy atom. The lowest BCUT2D eigenvalue weighted by molar-refractivity contribution is -0.125. The summed E-state index contributed by atoms with van der Waals surface area (Å²) in [5, 5.41) is 4.90. The molecule has 1 aliphatic carbocycles. The molecular weight excluding hydrogens is 311 g/mol. The van der Waals surface area contributed by atoms with E-state index in [0.29, 0.717) is 19.5 Å². The van der Waals surface area contributed by atoms with Crippen LogP contribution in [0.2, 0.25) is 0 Å². The van der Waals surface area contributed by atoms with Crippen LogP contribution in [0.4, 0.5) is 18.9 Å². The van der Waals surface area contributed by atoms with Gasteiger partial charge >= 0.3 is 0 Å². The van der Waals surface area contributed by atoms with E-state index in [1.165, 1.54) is 0 Å². The van der Waals surface area contributed by atoms with Gasteiger partial charge in [-0.3, -0.25) is 9.59 Å². The molecule has 126 valence electrons. The Morgan fingerprint density at radius 2 is 1.78 bits per heavy atom. The first-order valence-electron chi connectivity index (χ1n) is 7.18. The SMILES string of the molecule is CN(C)CCNC(=O)C1CC1C(=O)Nc1ccc(F)c(F)c1F. The van der Waals surface area contributed by atoms with Crippen LogP contribution in [0.5, 0.6) is 0 Å². The normalized spacial score (nSPS) is 19.6. The quantitative estimate of drug-likeness (QED) is 0.775. The highest BCUT2D eigenvalue weighted by molar-refractivity contribution is 5.99. The van der Waals surface area contributed by atoms with Gasteiger partial charge in [0, 0.05) is 13.1 Å². The molecule has 1 aromatic rings. The summed E-state index contributed by atoms with van der Waals surface area (Å²) in [6.45, 7) is 1.14. The van der Waals surface area contributed by atoms with Crippen LogP contribution in [0.3, 0.4) is 0 Å². The molecule has 1 aromatic carbocycles. The Bertz CT molecular complexity index is 622. The van der Waals surface area contributed by atoms with Crippen molar-refractivity contribution in [1.82, 2.24) is 10.2 Å². The fourth-order valence-corrected chi connectivity index (χ4v) is 2.16. The first-order valence-corrected chi connectivity index (χ1v) is 7.18. The second-order valence-electron chi connectivity index (χ2n) is 5.76. The third-order valence-corrected chi connectivity index (χ3v) is 3.62. The van der Waals surface area contributed by atoms with Gasteiger partial charge in [0.1, 0.15) is 0 Å². The van der Waals surface area contributed by atoms with Gasteiger partial charge < -0.3 is 15.5 Å². The standard InChI is InChI=1S/C15H18F3N3O2/c1-21(2)6-5-19-14(22)8-7-9(8)15(23)20-11-4-3-10(16)12(17)13(11)18/h3-4,8-9H,5-7H2,1-2H3,(H,19,22)(H,20,23). The van der Waals surface area contributed by atoms with E-state index in [2.05, 4.69) is 10.6 Å². The number of halogens is 3. The lowest BCUT2D eigenvalue weighted by atomic mass is 10.2. The molecule has 0 aliphatic heterocycles. The van der Waals surface area contributed by atoms with E-state index in [0.717, 1.165) is 12.1 Å². The summed E-state index contributed by atoms with van der Waals surface area (Å²) >= 11 is 0. The molecule has 1 saturated carbocycles. The van der Waals surface area contributed by atoms with Gasteiger partial charge in [-0.05, 0) is 32.6 Å². The minimum Gasteiger partial charge on any atom is -0.355 e. The highest BCUT2D eigenvalue weighted by Crippen LogP contribution is 2.39. The lowest BCUT2D eigenvalue weighted by Crippen LogP contribution is -2.33. The molecule has 8 heteroatoms. The number of hydrogen-bond donors (Lipinski definition) is 2. The van der Waals surface area contributed by atoms with Crippen LogP contribution in [-0.4, -0.2) is 43.9 Å². The van der Waals surface area contributed by atoms with Crippen LogP contribution in [-0.2, 0) is 9.59 Å². The van der Waals surface area contributed by atoms with E-state index in [1.54, 1.807) is 0 Å². The molecule has 2 amide bonds. The van der Waals surface area contributed by atoms with Crippen molar-refractivity contribution in [3.63, 3.8) is 0 Å². The number of carbonyl (C=O) groups excluding carboxylic acids is 2. The Balaban J connectivity index is 1.87. The van der Waals surface area contributed by atoms with E-state index in [-0.39, 0.29) is 5.91 Å². The van der Waals surface area contributed by atoms with Gasteiger partial charge in [0.2, 0.25) is 11.8 Å². The van der Waals surface area contributed by atoms with E-state index in [1.807, 2.05) is 19.0 Å². The first-order chi connectivity index (χ1) is 10.8. The number of nitrogens with zero attached hydrogens (tertiary/aromatic N) is 1. The molecule has 2 rings (SSSR count). The molecule has 2 N–H and O–H groups in total. The summed E-state index contributed by atoms with van der Waals surface area (Å²) in [6.07, 6.45) is 0.352. The largest absolute Gasteiger partial charge is 0.355 e. The number of carbonyl (C=O) groups is 2. The van der Waals surface area contributed by atoms with Crippen LogP contribution < -0.4 is 10.6 Å². The smallest absolute Gasteiger partial charge is 0.228 e. The van der Waals surface area contributed by atoms with Gasteiger partial charge in [0.15, 0.2) is 17.5 Å². The van der Waals surface area contributed by atoms with Gasteiger partial charge in [0.25, 0.3) is 0 Å². The fraction of sp³-hybridized carbons (Fsp3) is 0.467. The van der Waals surface area contributed by atoms with Crippen molar-refractivity contribution in [2.24, 2.45) is 11.8 Å². The van der Waals surface area contributed by atoms with Gasteiger partial charge in [-0.2, -0.15) is 0 Å². The number of nitrogens with one attached hydrogen (secondary N) is 2. The Kier molecular flexibility index (Phi) is 5.25. The molecule has 0 spiro atoms. The monoisotopic (exact) mass is 329 g/mol. The van der Waals surface area contributed by atoms with Crippen LogP contribution in [0.15, 0.2) is 12.1 Å². The summed E-state index contributed by atoms with van der Waals surface area (Å²) in [4.78, 5) is 25.7. The highest BCUT2D eigenvalue weighted by Gasteiger charge is 2.48. The van der Waals surface area contributed by atoms with Crippen LogP contribution in [0, 0.1) is 29.3 Å². The van der Waals surface area contributed by atoms with Gasteiger partial charge in [-0.25, -0.2) is 13.2 Å². The Labute approximate surface area is 131 Å². The highest BCUT2D eigenvalue weighted by atomic mass is 19.2. The number of hydrogen-bond acceptors (Lipinski definition) is 3. The second kappa shape index (κ2) is 6.99. The van der Waals surface area contributed by atoms with E-state index in [9.17, 15) is 22.8 Å². The molecule has 0 aromatic heterocycles. The minimum atomic E-state index is -1.64. The molecule has 0 bridgehead atoms. The van der Waals surface area contributed by atoms with Crippen molar-refractivity contribution in [2.45, 2.75) is 6.42 Å². The topological polar surface area (TPSA) is 61.4 Å². The van der Waals surface area contributed by atoms with Crippen molar-refractivity contribution in [3.8, 4) is 0 Å². The Hall–Kier alpha value is -2.09. The zero-order chi connectivity index (χ0) is 17.1. The molecule has 23 heavy (non-hydrogen) atoms. The molecule has 0 heterocycles. The number of amides is 2. The predicted octanol–water partition coefficient (Wildman–Crippen LogP) is 1.36. The van der Waals surface area contributed by atoms with E-state index in [4.69, 9.17) is 0 Å². The zero-order valence-electron chi connectivity index (χ0n) is 12.8. The van der Waals surface area contributed by atoms with Crippen LogP contribution in [0.1, 0.15) is 6.42 Å². The van der Waals surface area contributed by atoms with E-state index < -0.39 is 40.9 Å². The van der Waals surface area contributed by atoms with Gasteiger partial charge in [-0.1, -0.05) is 0 Å². The number of likely N-dealkylation sites (N-methyl/N-ethyl adjacent to an activating group) is 1. The molecule has 0 radical (unpaired) electrons. The molecule has 0 saturated heterocycles. The summed E-state index contributed by atoms with van der Waals surface area (Å²) in [6, 6.07) is 1.67. The van der Waals surface area contributed by atoms with Crippen molar-refractivity contribution >= 4 is 17.5 Å². The lowest BCUT2D eigenvalue weighted by Gasteiger charge is -2.10. The Morgan fingerprint density at radius 3 is 2.43 bits per heavy atom. The predicted molar refractivity (Wildman–Crippen MR) is 78.1 cm³/mol. The van der Waals surface area contributed by atoms with Gasteiger partial charge in [0.05, 0.1) is 17.5 Å². The molecule has 1 fully saturated rings. The molecule has 2 unspecified atom stereocenters. The average Bonchev–Trinajstić information content (AvgIpc) is 3.28. The zero-order valence-corrected chi connectivity index (χ0v) is 12.8. The van der Waals surface area contributed by atoms with Crippen molar-refractivity contribution in [3.05, 3.63) is 29.6 Å². The van der Waals surface area contributed by atoms with Gasteiger partial charge in [-0.15, -0.1) is 0 Å². The summed E-state index contributed by atoms with van der Waals surface area (Å²) in [7, 11) is 3.74. The number of anilines is 1. The summed E-state index contributed by atoms with van der Waals surface area (Å²) in [5.41, 5.74) is -0.437. The maximum atomic E-state index is 13.5. The molecule has 5 nitrogen and oxygen atoms in total. The fourth-order valence-electron chi connectivity index (χ4n) is 2.16. The first kappa shape index (κ1) is 17.3. The van der Waals surface area contributed by atoms with Crippen molar-refractivity contribution < 1.29 is 22.8 Å². The third kappa shape index (κ3) is 4.22. The number of rotatable bonds is 6. The van der Waals surface area contributed by atoms with Crippen LogP contribution in [0.25, 0.3) is 0 Å². The number of benzene rings is 1. The maximum absolute atomic E-state index is 13.5. The van der Waals surface area contributed by atoms with Crippen LogP contribution >= 0.6 is 0 Å². The maximum Gasteiger partial charge on any atom is 0.228 e. The summed E-state index contributed by atoms with van der Waals surface area (Å²) in [5.74, 6) is -6.29. The molecular formula is C15H18F3N3O2. The second-order valence-corrected chi connectivity index (χ2v) is 5.76. The summed E-state index contributed by atoms with van der Waals surface area (Å²) < 4.78 is 39.4. The average molecular weight is 329 g/mol.